The number of imidazole rings is 1. The minimum Gasteiger partial charge on any atom is -0.448 e. The van der Waals surface area contributed by atoms with Gasteiger partial charge >= 0.3 is 0 Å². The van der Waals surface area contributed by atoms with Crippen LogP contribution in [0.1, 0.15) is 16.1 Å². The Morgan fingerprint density at radius 3 is 2.82 bits per heavy atom. The Hall–Kier alpha value is -2.74. The number of hydrogen-bond acceptors (Lipinski definition) is 5. The molecular weight excluding hydrogens is 419 g/mol. The average molecular weight is 431 g/mol. The Bertz CT molecular complexity index is 1150. The first kappa shape index (κ1) is 18.6. The van der Waals surface area contributed by atoms with Crippen molar-refractivity contribution in [2.24, 2.45) is 5.10 Å². The van der Waals surface area contributed by atoms with Gasteiger partial charge in [0.2, 0.25) is 0 Å². The number of hydrogen-bond donors (Lipinski definition) is 2. The number of fused-ring (bicyclic) bond motifs is 1. The van der Waals surface area contributed by atoms with Crippen molar-refractivity contribution in [1.82, 2.24) is 15.4 Å². The van der Waals surface area contributed by atoms with Gasteiger partial charge in [-0.1, -0.05) is 35.3 Å². The second kappa shape index (κ2) is 8.10. The zero-order valence-electron chi connectivity index (χ0n) is 14.1. The number of nitrogens with zero attached hydrogens (tertiary/aromatic N) is 2. The van der Waals surface area contributed by atoms with Gasteiger partial charge in [-0.2, -0.15) is 5.10 Å². The number of halogens is 2. The van der Waals surface area contributed by atoms with Crippen molar-refractivity contribution in [2.45, 2.75) is 10.2 Å². The summed E-state index contributed by atoms with van der Waals surface area (Å²) in [6.07, 6.45) is 1.41. The van der Waals surface area contributed by atoms with Crippen LogP contribution in [0.25, 0.3) is 11.0 Å². The summed E-state index contributed by atoms with van der Waals surface area (Å²) >= 11 is 13.1. The number of rotatable bonds is 5. The lowest BCUT2D eigenvalue weighted by Crippen LogP contribution is -2.17. The fraction of sp³-hybridized carbons (Fsp3) is 0. The van der Waals surface area contributed by atoms with Crippen LogP contribution in [0, 0.1) is 0 Å². The predicted molar refractivity (Wildman–Crippen MR) is 110 cm³/mol. The van der Waals surface area contributed by atoms with E-state index in [-0.39, 0.29) is 0 Å². The maximum atomic E-state index is 12.1. The lowest BCUT2D eigenvalue weighted by molar-refractivity contribution is 0.0955. The van der Waals surface area contributed by atoms with Crippen LogP contribution in [-0.2, 0) is 0 Å². The van der Waals surface area contributed by atoms with E-state index in [1.54, 1.807) is 24.3 Å². The molecule has 4 aromatic rings. The Labute approximate surface area is 173 Å². The average Bonchev–Trinajstić information content (AvgIpc) is 3.30. The summed E-state index contributed by atoms with van der Waals surface area (Å²) < 4.78 is 5.67. The number of nitrogens with one attached hydrogen (secondary N) is 2. The van der Waals surface area contributed by atoms with Crippen LogP contribution in [0.15, 0.2) is 74.4 Å². The SMILES string of the molecule is O=C(N/N=C\c1ccc(Sc2nc3ccccc3[nH]2)o1)c1ccc(Cl)c(Cl)c1. The zero-order valence-corrected chi connectivity index (χ0v) is 16.5. The standard InChI is InChI=1S/C19H12Cl2N4O2S/c20-13-7-5-11(9-14(13)21)18(26)25-22-10-12-6-8-17(27-12)28-19-23-15-3-1-2-4-16(15)24-19/h1-10H,(H,23,24)(H,25,26)/b22-10-. The topological polar surface area (TPSA) is 83.3 Å². The molecule has 0 radical (unpaired) electrons. The van der Waals surface area contributed by atoms with Crippen LogP contribution < -0.4 is 5.43 Å². The van der Waals surface area contributed by atoms with E-state index >= 15 is 0 Å². The van der Waals surface area contributed by atoms with Gasteiger partial charge in [0, 0.05) is 5.56 Å². The molecule has 0 fully saturated rings. The van der Waals surface area contributed by atoms with Gasteiger partial charge in [0.05, 0.1) is 27.3 Å². The smallest absolute Gasteiger partial charge is 0.271 e. The predicted octanol–water partition coefficient (Wildman–Crippen LogP) is 5.38. The number of benzene rings is 2. The van der Waals surface area contributed by atoms with E-state index in [2.05, 4.69) is 20.5 Å². The van der Waals surface area contributed by atoms with Gasteiger partial charge in [0.25, 0.3) is 5.91 Å². The van der Waals surface area contributed by atoms with Crippen molar-refractivity contribution in [3.63, 3.8) is 0 Å². The number of carbonyl (C=O) groups excluding carboxylic acids is 1. The summed E-state index contributed by atoms with van der Waals surface area (Å²) in [5.74, 6) is 0.0892. The molecule has 0 spiro atoms. The largest absolute Gasteiger partial charge is 0.448 e. The van der Waals surface area contributed by atoms with Gasteiger partial charge in [0.1, 0.15) is 5.76 Å². The Kier molecular flexibility index (Phi) is 5.38. The number of para-hydroxylation sites is 2. The van der Waals surface area contributed by atoms with E-state index in [1.165, 1.54) is 24.0 Å². The third-order valence-electron chi connectivity index (χ3n) is 3.71. The van der Waals surface area contributed by atoms with Crippen LogP contribution in [-0.4, -0.2) is 22.1 Å². The first-order valence-electron chi connectivity index (χ1n) is 8.09. The molecule has 2 aromatic carbocycles. The molecule has 4 rings (SSSR count). The Morgan fingerprint density at radius 2 is 2.00 bits per heavy atom. The number of aromatic nitrogens is 2. The summed E-state index contributed by atoms with van der Waals surface area (Å²) in [4.78, 5) is 19.8. The molecule has 0 saturated heterocycles. The third-order valence-corrected chi connectivity index (χ3v) is 5.25. The van der Waals surface area contributed by atoms with Crippen LogP contribution >= 0.6 is 35.0 Å². The molecule has 9 heteroatoms. The van der Waals surface area contributed by atoms with Gasteiger partial charge < -0.3 is 9.40 Å². The number of hydrazone groups is 1. The third kappa shape index (κ3) is 4.22. The normalized spacial score (nSPS) is 11.4. The molecule has 0 aliphatic carbocycles. The highest BCUT2D eigenvalue weighted by molar-refractivity contribution is 7.99. The molecule has 1 amide bonds. The second-order valence-corrected chi connectivity index (χ2v) is 7.45. The number of aromatic amines is 1. The molecular formula is C19H12Cl2N4O2S. The highest BCUT2D eigenvalue weighted by atomic mass is 35.5. The molecule has 28 heavy (non-hydrogen) atoms. The summed E-state index contributed by atoms with van der Waals surface area (Å²) in [5.41, 5.74) is 4.62. The fourth-order valence-corrected chi connectivity index (χ4v) is 3.46. The fourth-order valence-electron chi connectivity index (χ4n) is 2.39. The minimum absolute atomic E-state index is 0.302. The van der Waals surface area contributed by atoms with E-state index in [0.29, 0.717) is 26.5 Å². The van der Waals surface area contributed by atoms with Crippen molar-refractivity contribution in [3.8, 4) is 0 Å². The van der Waals surface area contributed by atoms with Crippen LogP contribution in [0.3, 0.4) is 0 Å². The van der Waals surface area contributed by atoms with Crippen molar-refractivity contribution in [1.29, 1.82) is 0 Å². The minimum atomic E-state index is -0.404. The van der Waals surface area contributed by atoms with Gasteiger partial charge in [-0.25, -0.2) is 10.4 Å². The number of carbonyl (C=O) groups is 1. The lowest BCUT2D eigenvalue weighted by atomic mass is 10.2. The molecule has 2 N–H and O–H groups in total. The summed E-state index contributed by atoms with van der Waals surface area (Å²) in [6, 6.07) is 15.9. The summed E-state index contributed by atoms with van der Waals surface area (Å²) in [7, 11) is 0. The molecule has 2 heterocycles. The van der Waals surface area contributed by atoms with E-state index in [0.717, 1.165) is 16.2 Å². The monoisotopic (exact) mass is 430 g/mol. The lowest BCUT2D eigenvalue weighted by Gasteiger charge is -2.01. The van der Waals surface area contributed by atoms with E-state index in [4.69, 9.17) is 27.6 Å². The van der Waals surface area contributed by atoms with Gasteiger partial charge in [-0.3, -0.25) is 4.79 Å². The van der Waals surface area contributed by atoms with Gasteiger partial charge in [0.15, 0.2) is 10.2 Å². The molecule has 0 aliphatic rings. The van der Waals surface area contributed by atoms with Gasteiger partial charge in [-0.05, 0) is 54.2 Å². The number of furan rings is 1. The van der Waals surface area contributed by atoms with Crippen LogP contribution in [0.2, 0.25) is 10.0 Å². The van der Waals surface area contributed by atoms with Gasteiger partial charge in [-0.15, -0.1) is 0 Å². The van der Waals surface area contributed by atoms with E-state index < -0.39 is 5.91 Å². The van der Waals surface area contributed by atoms with E-state index in [9.17, 15) is 4.79 Å². The molecule has 0 atom stereocenters. The highest BCUT2D eigenvalue weighted by Gasteiger charge is 2.09. The second-order valence-electron chi connectivity index (χ2n) is 5.65. The number of amides is 1. The summed E-state index contributed by atoms with van der Waals surface area (Å²) in [5, 5.41) is 5.96. The van der Waals surface area contributed by atoms with Crippen molar-refractivity contribution in [2.75, 3.05) is 0 Å². The Balaban J connectivity index is 1.38. The van der Waals surface area contributed by atoms with E-state index in [1.807, 2.05) is 24.3 Å². The molecule has 0 unspecified atom stereocenters. The summed E-state index contributed by atoms with van der Waals surface area (Å²) in [6.45, 7) is 0. The maximum Gasteiger partial charge on any atom is 0.271 e. The molecule has 0 saturated carbocycles. The maximum absolute atomic E-state index is 12.1. The molecule has 0 aliphatic heterocycles. The number of H-pyrrole nitrogens is 1. The highest BCUT2D eigenvalue weighted by Crippen LogP contribution is 2.28. The van der Waals surface area contributed by atoms with Crippen molar-refractivity contribution < 1.29 is 9.21 Å². The zero-order chi connectivity index (χ0) is 19.5. The van der Waals surface area contributed by atoms with Crippen molar-refractivity contribution >= 4 is 58.1 Å². The Morgan fingerprint density at radius 1 is 1.14 bits per heavy atom. The quantitative estimate of drug-likeness (QED) is 0.328. The van der Waals surface area contributed by atoms with Crippen LogP contribution in [0.5, 0.6) is 0 Å². The van der Waals surface area contributed by atoms with Crippen LogP contribution in [0.4, 0.5) is 0 Å². The molecule has 140 valence electrons. The first-order chi connectivity index (χ1) is 13.6. The molecule has 6 nitrogen and oxygen atoms in total. The molecule has 2 aromatic heterocycles. The van der Waals surface area contributed by atoms with Crippen molar-refractivity contribution in [3.05, 3.63) is 76.0 Å². The molecule has 0 bridgehead atoms. The first-order valence-corrected chi connectivity index (χ1v) is 9.66.